The van der Waals surface area contributed by atoms with E-state index in [1.165, 1.54) is 19.3 Å². The van der Waals surface area contributed by atoms with Gasteiger partial charge in [0.05, 0.1) is 0 Å². The molecule has 3 aliphatic carbocycles. The zero-order valence-electron chi connectivity index (χ0n) is 6.49. The first-order chi connectivity index (χ1) is 5.42. The number of hydrogen-bond acceptors (Lipinski definition) is 1. The quantitative estimate of drug-likeness (QED) is 0.580. The second-order valence-corrected chi connectivity index (χ2v) is 4.30. The molecular formula is C9H13NO. The summed E-state index contributed by atoms with van der Waals surface area (Å²) in [6.07, 6.45) is 5.21. The lowest BCUT2D eigenvalue weighted by molar-refractivity contribution is -0.109. The minimum atomic E-state index is 0.582. The van der Waals surface area contributed by atoms with Crippen molar-refractivity contribution in [3.63, 3.8) is 0 Å². The van der Waals surface area contributed by atoms with Crippen LogP contribution in [0, 0.1) is 23.7 Å². The highest BCUT2D eigenvalue weighted by molar-refractivity contribution is 5.48. The molecule has 2 bridgehead atoms. The first-order valence-corrected chi connectivity index (χ1v) is 4.61. The molecule has 3 saturated carbocycles. The first-order valence-electron chi connectivity index (χ1n) is 4.61. The topological polar surface area (TPSA) is 29.1 Å². The number of hydrogen-bond donors (Lipinski definition) is 1. The molecule has 0 saturated heterocycles. The Balaban J connectivity index is 1.76. The summed E-state index contributed by atoms with van der Waals surface area (Å²) in [6.45, 7) is 0. The van der Waals surface area contributed by atoms with E-state index >= 15 is 0 Å². The van der Waals surface area contributed by atoms with Crippen molar-refractivity contribution in [2.24, 2.45) is 23.7 Å². The molecule has 3 rings (SSSR count). The Morgan fingerprint density at radius 2 is 1.82 bits per heavy atom. The van der Waals surface area contributed by atoms with Crippen molar-refractivity contribution in [1.29, 1.82) is 0 Å². The van der Waals surface area contributed by atoms with Crippen molar-refractivity contribution in [3.05, 3.63) is 0 Å². The van der Waals surface area contributed by atoms with Crippen LogP contribution in [-0.2, 0) is 4.79 Å². The molecule has 1 N–H and O–H groups in total. The summed E-state index contributed by atoms with van der Waals surface area (Å²) in [5.74, 6) is 3.72. The molecule has 0 aromatic carbocycles. The van der Waals surface area contributed by atoms with E-state index in [0.29, 0.717) is 6.04 Å². The minimum Gasteiger partial charge on any atom is -0.355 e. The van der Waals surface area contributed by atoms with Gasteiger partial charge in [0.2, 0.25) is 6.41 Å². The van der Waals surface area contributed by atoms with Gasteiger partial charge < -0.3 is 5.32 Å². The second-order valence-electron chi connectivity index (χ2n) is 4.30. The number of fused-ring (bicyclic) bond motifs is 5. The van der Waals surface area contributed by atoms with E-state index in [0.717, 1.165) is 30.1 Å². The summed E-state index contributed by atoms with van der Waals surface area (Å²) in [4.78, 5) is 10.2. The third-order valence-electron chi connectivity index (χ3n) is 4.00. The van der Waals surface area contributed by atoms with Crippen LogP contribution in [0.4, 0.5) is 0 Å². The van der Waals surface area contributed by atoms with Crippen molar-refractivity contribution in [2.75, 3.05) is 0 Å². The van der Waals surface area contributed by atoms with Gasteiger partial charge in [-0.3, -0.25) is 4.79 Å². The number of rotatable bonds is 2. The maximum atomic E-state index is 10.2. The molecule has 0 heterocycles. The van der Waals surface area contributed by atoms with E-state index in [9.17, 15) is 4.79 Å². The van der Waals surface area contributed by atoms with Crippen LogP contribution < -0.4 is 5.32 Å². The molecule has 60 valence electrons. The van der Waals surface area contributed by atoms with Gasteiger partial charge in [-0.05, 0) is 42.9 Å². The first kappa shape index (κ1) is 6.04. The highest BCUT2D eigenvalue weighted by Gasteiger charge is 2.64. The monoisotopic (exact) mass is 151 g/mol. The zero-order chi connectivity index (χ0) is 7.42. The van der Waals surface area contributed by atoms with Gasteiger partial charge in [0.15, 0.2) is 0 Å². The standard InChI is InChI=1S/C9H13NO/c11-4-10-9-7-5-1-2-6(3-5)8(7)9/h4-9H,1-3H2,(H,10,11). The SMILES string of the molecule is O=CNC1C2C3CCC(C3)C12. The predicted octanol–water partition coefficient (Wildman–Crippen LogP) is 0.777. The second kappa shape index (κ2) is 1.79. The molecule has 4 atom stereocenters. The Morgan fingerprint density at radius 1 is 1.18 bits per heavy atom. The number of nitrogens with one attached hydrogen (secondary N) is 1. The van der Waals surface area contributed by atoms with Crippen LogP contribution in [0.15, 0.2) is 0 Å². The molecule has 1 amide bonds. The Hall–Kier alpha value is -0.530. The normalized spacial score (nSPS) is 57.3. The Labute approximate surface area is 66.4 Å². The summed E-state index contributed by atoms with van der Waals surface area (Å²) in [5, 5.41) is 2.94. The van der Waals surface area contributed by atoms with Crippen molar-refractivity contribution in [1.82, 2.24) is 5.32 Å². The minimum absolute atomic E-state index is 0.582. The highest BCUT2D eigenvalue weighted by Crippen LogP contribution is 2.65. The van der Waals surface area contributed by atoms with Crippen molar-refractivity contribution in [2.45, 2.75) is 25.3 Å². The fourth-order valence-electron chi connectivity index (χ4n) is 3.63. The predicted molar refractivity (Wildman–Crippen MR) is 40.8 cm³/mol. The summed E-state index contributed by atoms with van der Waals surface area (Å²) < 4.78 is 0. The fraction of sp³-hybridized carbons (Fsp3) is 0.889. The smallest absolute Gasteiger partial charge is 0.207 e. The average Bonchev–Trinajstić information content (AvgIpc) is 2.43. The molecule has 4 unspecified atom stereocenters. The molecule has 3 aliphatic rings. The number of carbonyl (C=O) groups excluding carboxylic acids is 1. The van der Waals surface area contributed by atoms with Gasteiger partial charge in [-0.2, -0.15) is 0 Å². The van der Waals surface area contributed by atoms with E-state index in [1.54, 1.807) is 0 Å². The van der Waals surface area contributed by atoms with E-state index in [1.807, 2.05) is 0 Å². The average molecular weight is 151 g/mol. The summed E-state index contributed by atoms with van der Waals surface area (Å²) in [5.41, 5.74) is 0. The van der Waals surface area contributed by atoms with E-state index in [2.05, 4.69) is 5.32 Å². The Bertz CT molecular complexity index is 188. The largest absolute Gasteiger partial charge is 0.355 e. The molecule has 2 heteroatoms. The molecule has 2 nitrogen and oxygen atoms in total. The summed E-state index contributed by atoms with van der Waals surface area (Å²) in [6, 6.07) is 0.582. The number of carbonyl (C=O) groups is 1. The van der Waals surface area contributed by atoms with Gasteiger partial charge in [0, 0.05) is 6.04 Å². The third-order valence-corrected chi connectivity index (χ3v) is 4.00. The van der Waals surface area contributed by atoms with Gasteiger partial charge in [-0.25, -0.2) is 0 Å². The third kappa shape index (κ3) is 0.608. The molecule has 0 spiro atoms. The maximum absolute atomic E-state index is 10.2. The van der Waals surface area contributed by atoms with E-state index in [-0.39, 0.29) is 0 Å². The van der Waals surface area contributed by atoms with E-state index in [4.69, 9.17) is 0 Å². The van der Waals surface area contributed by atoms with Gasteiger partial charge in [0.1, 0.15) is 0 Å². The summed E-state index contributed by atoms with van der Waals surface area (Å²) in [7, 11) is 0. The molecule has 0 aromatic heterocycles. The van der Waals surface area contributed by atoms with Crippen molar-refractivity contribution < 1.29 is 4.79 Å². The molecular weight excluding hydrogens is 138 g/mol. The van der Waals surface area contributed by atoms with Gasteiger partial charge in [0.25, 0.3) is 0 Å². The van der Waals surface area contributed by atoms with Crippen LogP contribution in [0.5, 0.6) is 0 Å². The van der Waals surface area contributed by atoms with Crippen molar-refractivity contribution >= 4 is 6.41 Å². The molecule has 3 fully saturated rings. The molecule has 0 aromatic rings. The van der Waals surface area contributed by atoms with Gasteiger partial charge >= 0.3 is 0 Å². The van der Waals surface area contributed by atoms with Crippen LogP contribution in [0.2, 0.25) is 0 Å². The van der Waals surface area contributed by atoms with Crippen LogP contribution in [0.25, 0.3) is 0 Å². The van der Waals surface area contributed by atoms with Crippen molar-refractivity contribution in [3.8, 4) is 0 Å². The lowest BCUT2D eigenvalue weighted by Crippen LogP contribution is -2.20. The van der Waals surface area contributed by atoms with Crippen LogP contribution in [0.3, 0.4) is 0 Å². The Kier molecular flexibility index (Phi) is 0.984. The molecule has 11 heavy (non-hydrogen) atoms. The zero-order valence-corrected chi connectivity index (χ0v) is 6.49. The lowest BCUT2D eigenvalue weighted by Gasteiger charge is -2.05. The lowest BCUT2D eigenvalue weighted by atomic mass is 10.0. The van der Waals surface area contributed by atoms with E-state index < -0.39 is 0 Å². The molecule has 0 radical (unpaired) electrons. The highest BCUT2D eigenvalue weighted by atomic mass is 16.1. The fourth-order valence-corrected chi connectivity index (χ4v) is 3.63. The summed E-state index contributed by atoms with van der Waals surface area (Å²) >= 11 is 0. The van der Waals surface area contributed by atoms with Crippen LogP contribution in [-0.4, -0.2) is 12.5 Å². The van der Waals surface area contributed by atoms with Gasteiger partial charge in [-0.1, -0.05) is 0 Å². The maximum Gasteiger partial charge on any atom is 0.207 e. The Morgan fingerprint density at radius 3 is 2.36 bits per heavy atom. The molecule has 0 aliphatic heterocycles. The van der Waals surface area contributed by atoms with Crippen LogP contribution >= 0.6 is 0 Å². The van der Waals surface area contributed by atoms with Crippen LogP contribution in [0.1, 0.15) is 19.3 Å². The number of amides is 1. The van der Waals surface area contributed by atoms with Gasteiger partial charge in [-0.15, -0.1) is 0 Å².